The summed E-state index contributed by atoms with van der Waals surface area (Å²) in [6, 6.07) is 9.28. The lowest BCUT2D eigenvalue weighted by molar-refractivity contribution is -0.386. The first-order valence-electron chi connectivity index (χ1n) is 8.52. The molecule has 1 fully saturated rings. The number of nitro groups is 1. The smallest absolute Gasteiger partial charge is 0.327 e. The molecule has 0 unspecified atom stereocenters. The second kappa shape index (κ2) is 7.40. The van der Waals surface area contributed by atoms with Crippen LogP contribution in [0.4, 0.5) is 15.8 Å². The molecule has 0 radical (unpaired) electrons. The van der Waals surface area contributed by atoms with Crippen LogP contribution in [0.3, 0.4) is 0 Å². The molecule has 0 spiro atoms. The van der Waals surface area contributed by atoms with Crippen LogP contribution < -0.4 is 14.4 Å². The molecule has 2 aromatic rings. The van der Waals surface area contributed by atoms with Crippen molar-refractivity contribution >= 4 is 11.4 Å². The van der Waals surface area contributed by atoms with Gasteiger partial charge < -0.3 is 19.5 Å². The zero-order valence-electron chi connectivity index (χ0n) is 15.1. The Morgan fingerprint density at radius 3 is 2.26 bits per heavy atom. The Morgan fingerprint density at radius 2 is 1.74 bits per heavy atom. The van der Waals surface area contributed by atoms with Gasteiger partial charge in [0.15, 0.2) is 0 Å². The number of hydrogen-bond donors (Lipinski definition) is 1. The van der Waals surface area contributed by atoms with Crippen LogP contribution in [0.15, 0.2) is 36.4 Å². The van der Waals surface area contributed by atoms with E-state index < -0.39 is 22.0 Å². The van der Waals surface area contributed by atoms with Crippen LogP contribution in [0, 0.1) is 15.9 Å². The van der Waals surface area contributed by atoms with Crippen LogP contribution in [-0.4, -0.2) is 37.3 Å². The first kappa shape index (κ1) is 18.9. The van der Waals surface area contributed by atoms with Crippen molar-refractivity contribution in [2.24, 2.45) is 0 Å². The summed E-state index contributed by atoms with van der Waals surface area (Å²) in [6.45, 7) is 0.695. The number of ether oxygens (including phenoxy) is 2. The molecule has 2 aromatic carbocycles. The van der Waals surface area contributed by atoms with Gasteiger partial charge in [0.1, 0.15) is 17.2 Å². The van der Waals surface area contributed by atoms with Gasteiger partial charge in [0.25, 0.3) is 0 Å². The third-order valence-electron chi connectivity index (χ3n) is 4.97. The first-order chi connectivity index (χ1) is 12.9. The van der Waals surface area contributed by atoms with Crippen molar-refractivity contribution in [3.63, 3.8) is 0 Å². The van der Waals surface area contributed by atoms with Crippen molar-refractivity contribution in [3.05, 3.63) is 57.9 Å². The summed E-state index contributed by atoms with van der Waals surface area (Å²) in [5, 5.41) is 22.4. The molecule has 0 atom stereocenters. The van der Waals surface area contributed by atoms with E-state index in [0.29, 0.717) is 43.0 Å². The fourth-order valence-electron chi connectivity index (χ4n) is 3.42. The van der Waals surface area contributed by atoms with Crippen molar-refractivity contribution in [2.45, 2.75) is 18.4 Å². The predicted octanol–water partition coefficient (Wildman–Crippen LogP) is 3.24. The van der Waals surface area contributed by atoms with E-state index in [0.717, 1.165) is 6.07 Å². The Morgan fingerprint density at radius 1 is 1.15 bits per heavy atom. The van der Waals surface area contributed by atoms with E-state index in [-0.39, 0.29) is 5.69 Å². The van der Waals surface area contributed by atoms with Gasteiger partial charge in [0.05, 0.1) is 24.7 Å². The summed E-state index contributed by atoms with van der Waals surface area (Å²) in [4.78, 5) is 12.3. The lowest BCUT2D eigenvalue weighted by Gasteiger charge is -2.39. The maximum absolute atomic E-state index is 13.9. The molecule has 8 heteroatoms. The highest BCUT2D eigenvalue weighted by Gasteiger charge is 2.37. The number of hydrogen-bond acceptors (Lipinski definition) is 6. The van der Waals surface area contributed by atoms with Crippen molar-refractivity contribution in [1.82, 2.24) is 0 Å². The number of anilines is 1. The molecule has 1 N–H and O–H groups in total. The molecular formula is C19H21FN2O5. The monoisotopic (exact) mass is 376 g/mol. The number of halogens is 1. The van der Waals surface area contributed by atoms with E-state index in [4.69, 9.17) is 9.47 Å². The highest BCUT2D eigenvalue weighted by atomic mass is 19.1. The largest absolute Gasteiger partial charge is 0.497 e. The molecule has 0 aliphatic carbocycles. The van der Waals surface area contributed by atoms with Crippen molar-refractivity contribution in [3.8, 4) is 11.5 Å². The fraction of sp³-hybridized carbons (Fsp3) is 0.368. The highest BCUT2D eigenvalue weighted by Crippen LogP contribution is 2.40. The van der Waals surface area contributed by atoms with E-state index >= 15 is 0 Å². The molecule has 0 aromatic heterocycles. The van der Waals surface area contributed by atoms with E-state index in [1.807, 2.05) is 0 Å². The van der Waals surface area contributed by atoms with E-state index in [1.54, 1.807) is 23.1 Å². The summed E-state index contributed by atoms with van der Waals surface area (Å²) in [6.07, 6.45) is 0.661. The summed E-state index contributed by atoms with van der Waals surface area (Å²) < 4.78 is 24.4. The van der Waals surface area contributed by atoms with E-state index in [9.17, 15) is 19.6 Å². The van der Waals surface area contributed by atoms with Gasteiger partial charge in [-0.15, -0.1) is 0 Å². The molecule has 144 valence electrons. The number of aliphatic hydroxyl groups is 1. The molecule has 0 amide bonds. The molecule has 1 heterocycles. The minimum atomic E-state index is -1.12. The fourth-order valence-corrected chi connectivity index (χ4v) is 3.42. The molecule has 3 rings (SSSR count). The topological polar surface area (TPSA) is 85.1 Å². The third kappa shape index (κ3) is 3.66. The number of benzene rings is 2. The number of nitrogens with zero attached hydrogens (tertiary/aromatic N) is 2. The quantitative estimate of drug-likeness (QED) is 0.637. The van der Waals surface area contributed by atoms with E-state index in [1.165, 1.54) is 26.4 Å². The number of para-hydroxylation sites is 1. The molecule has 1 aliphatic heterocycles. The van der Waals surface area contributed by atoms with Gasteiger partial charge in [-0.05, 0) is 42.7 Å². The van der Waals surface area contributed by atoms with Crippen LogP contribution in [0.1, 0.15) is 18.4 Å². The molecule has 27 heavy (non-hydrogen) atoms. The summed E-state index contributed by atoms with van der Waals surface area (Å²) >= 11 is 0. The summed E-state index contributed by atoms with van der Waals surface area (Å²) in [5.41, 5.74) is -0.774. The minimum absolute atomic E-state index is 0.227. The van der Waals surface area contributed by atoms with Crippen LogP contribution >= 0.6 is 0 Å². The van der Waals surface area contributed by atoms with Gasteiger partial charge in [-0.25, -0.2) is 0 Å². The second-order valence-corrected chi connectivity index (χ2v) is 6.48. The first-order valence-corrected chi connectivity index (χ1v) is 8.52. The van der Waals surface area contributed by atoms with Gasteiger partial charge in [0.2, 0.25) is 5.82 Å². The Balaban J connectivity index is 1.85. The lowest BCUT2D eigenvalue weighted by Crippen LogP contribution is -2.43. The average molecular weight is 376 g/mol. The van der Waals surface area contributed by atoms with Crippen LogP contribution in [-0.2, 0) is 5.60 Å². The van der Waals surface area contributed by atoms with Crippen LogP contribution in [0.5, 0.6) is 11.5 Å². The van der Waals surface area contributed by atoms with Crippen LogP contribution in [0.25, 0.3) is 0 Å². The number of nitro benzene ring substituents is 1. The minimum Gasteiger partial charge on any atom is -0.497 e. The Bertz CT molecular complexity index is 828. The normalized spacial score (nSPS) is 16.1. The second-order valence-electron chi connectivity index (χ2n) is 6.48. The predicted molar refractivity (Wildman–Crippen MR) is 97.9 cm³/mol. The van der Waals surface area contributed by atoms with Gasteiger partial charge >= 0.3 is 5.69 Å². The molecule has 7 nitrogen and oxygen atoms in total. The van der Waals surface area contributed by atoms with Gasteiger partial charge in [-0.1, -0.05) is 6.07 Å². The number of methoxy groups -OCH3 is 2. The number of piperidine rings is 1. The zero-order chi connectivity index (χ0) is 19.6. The van der Waals surface area contributed by atoms with Gasteiger partial charge in [-0.3, -0.25) is 10.1 Å². The van der Waals surface area contributed by atoms with Gasteiger partial charge in [0, 0.05) is 19.2 Å². The van der Waals surface area contributed by atoms with Crippen molar-refractivity contribution < 1.29 is 23.9 Å². The average Bonchev–Trinajstić information content (AvgIpc) is 2.67. The highest BCUT2D eigenvalue weighted by molar-refractivity contribution is 5.64. The zero-order valence-corrected chi connectivity index (χ0v) is 15.1. The third-order valence-corrected chi connectivity index (χ3v) is 4.97. The molecule has 0 saturated carbocycles. The van der Waals surface area contributed by atoms with E-state index in [2.05, 4.69) is 0 Å². The Hall–Kier alpha value is -2.87. The summed E-state index contributed by atoms with van der Waals surface area (Å²) in [7, 11) is 3.07. The lowest BCUT2D eigenvalue weighted by atomic mass is 9.84. The van der Waals surface area contributed by atoms with Crippen molar-refractivity contribution in [1.29, 1.82) is 0 Å². The number of rotatable bonds is 5. The van der Waals surface area contributed by atoms with Gasteiger partial charge in [-0.2, -0.15) is 4.39 Å². The standard InChI is InChI=1S/C19H21FN2O5/c1-26-14-10-13(11-15(12-14)27-2)19(23)6-8-21(9-7-19)17-5-3-4-16(20)18(17)22(24)25/h3-5,10-12,23H,6-9H2,1-2H3. The molecule has 0 bridgehead atoms. The van der Waals surface area contributed by atoms with Crippen molar-refractivity contribution in [2.75, 3.05) is 32.2 Å². The Kier molecular flexibility index (Phi) is 5.18. The maximum atomic E-state index is 13.9. The Labute approximate surface area is 156 Å². The molecule has 1 aliphatic rings. The summed E-state index contributed by atoms with van der Waals surface area (Å²) in [5.74, 6) is 0.276. The maximum Gasteiger partial charge on any atom is 0.327 e. The molecule has 1 saturated heterocycles. The molecular weight excluding hydrogens is 355 g/mol. The van der Waals surface area contributed by atoms with Crippen LogP contribution in [0.2, 0.25) is 0 Å². The SMILES string of the molecule is COc1cc(OC)cc(C2(O)CCN(c3cccc(F)c3[N+](=O)[O-])CC2)c1.